The van der Waals surface area contributed by atoms with Gasteiger partial charge < -0.3 is 10.1 Å². The number of hydrogen-bond acceptors (Lipinski definition) is 4. The summed E-state index contributed by atoms with van der Waals surface area (Å²) in [5.74, 6) is -2.57. The molecule has 0 saturated heterocycles. The molecule has 1 aliphatic carbocycles. The van der Waals surface area contributed by atoms with Crippen LogP contribution in [0, 0.1) is 5.92 Å². The van der Waals surface area contributed by atoms with E-state index in [1.165, 1.54) is 4.68 Å². The van der Waals surface area contributed by atoms with E-state index in [1.54, 1.807) is 0 Å². The van der Waals surface area contributed by atoms with Crippen molar-refractivity contribution in [3.05, 3.63) is 17.0 Å². The first-order valence-electron chi connectivity index (χ1n) is 11.5. The topological polar surface area (TPSA) is 42.3 Å². The highest BCUT2D eigenvalue weighted by molar-refractivity contribution is 5.34. The second-order valence-corrected chi connectivity index (χ2v) is 8.69. The third kappa shape index (κ3) is 7.66. The molecule has 2 heterocycles. The molecule has 1 aromatic heterocycles. The van der Waals surface area contributed by atoms with Crippen LogP contribution in [0.2, 0.25) is 0 Å². The van der Waals surface area contributed by atoms with Gasteiger partial charge in [0.1, 0.15) is 13.2 Å². The van der Waals surface area contributed by atoms with Crippen LogP contribution in [0.4, 0.5) is 22.0 Å². The Balaban J connectivity index is 0.00000176. The van der Waals surface area contributed by atoms with Crippen LogP contribution in [0.5, 0.6) is 0 Å². The molecule has 186 valence electrons. The van der Waals surface area contributed by atoms with Crippen molar-refractivity contribution in [3.8, 4) is 0 Å². The zero-order valence-corrected chi connectivity index (χ0v) is 19.6. The molecule has 0 atom stereocenters. The summed E-state index contributed by atoms with van der Waals surface area (Å²) in [4.78, 5) is 2.12. The van der Waals surface area contributed by atoms with Crippen molar-refractivity contribution in [3.63, 3.8) is 0 Å². The van der Waals surface area contributed by atoms with E-state index in [9.17, 15) is 22.0 Å². The Morgan fingerprint density at radius 1 is 1.19 bits per heavy atom. The molecule has 1 aromatic rings. The number of ether oxygens (including phenoxy) is 1. The molecule has 1 N–H and O–H groups in total. The smallest absolute Gasteiger partial charge is 0.372 e. The molecule has 0 unspecified atom stereocenters. The minimum absolute atomic E-state index is 0.0791. The van der Waals surface area contributed by atoms with Crippen LogP contribution in [-0.2, 0) is 24.2 Å². The lowest BCUT2D eigenvalue weighted by molar-refractivity contribution is -0.177. The summed E-state index contributed by atoms with van der Waals surface area (Å²) in [6.45, 7) is 4.73. The van der Waals surface area contributed by atoms with Gasteiger partial charge in [-0.1, -0.05) is 13.8 Å². The number of aromatic nitrogens is 2. The second-order valence-electron chi connectivity index (χ2n) is 8.69. The molecule has 1 aliphatic heterocycles. The molecule has 0 amide bonds. The molecular formula is C22H37F5N4O. The van der Waals surface area contributed by atoms with Gasteiger partial charge in [-0.05, 0) is 51.6 Å². The number of halogens is 5. The summed E-state index contributed by atoms with van der Waals surface area (Å²) in [6.07, 6.45) is -1.61. The van der Waals surface area contributed by atoms with Crippen molar-refractivity contribution in [2.45, 2.75) is 77.1 Å². The lowest BCUT2D eigenvalue weighted by atomic mass is 9.78. The van der Waals surface area contributed by atoms with Crippen LogP contribution in [0.15, 0.2) is 0 Å². The van der Waals surface area contributed by atoms with Gasteiger partial charge in [-0.15, -0.1) is 0 Å². The van der Waals surface area contributed by atoms with E-state index in [0.717, 1.165) is 50.0 Å². The number of alkyl halides is 5. The summed E-state index contributed by atoms with van der Waals surface area (Å²) in [7, 11) is 3.86. The van der Waals surface area contributed by atoms with Gasteiger partial charge in [0, 0.05) is 37.5 Å². The highest BCUT2D eigenvalue weighted by atomic mass is 19.4. The van der Waals surface area contributed by atoms with Crippen molar-refractivity contribution in [2.75, 3.05) is 40.4 Å². The fourth-order valence-electron chi connectivity index (χ4n) is 4.59. The summed E-state index contributed by atoms with van der Waals surface area (Å²) in [6, 6.07) is 0. The van der Waals surface area contributed by atoms with Crippen LogP contribution in [0.25, 0.3) is 0 Å². The molecule has 0 spiro atoms. The molecule has 5 nitrogen and oxygen atoms in total. The first-order valence-corrected chi connectivity index (χ1v) is 11.5. The van der Waals surface area contributed by atoms with Gasteiger partial charge in [0.2, 0.25) is 0 Å². The summed E-state index contributed by atoms with van der Waals surface area (Å²) < 4.78 is 71.1. The molecule has 0 bridgehead atoms. The fraction of sp³-hybridized carbons (Fsp3) is 0.864. The Labute approximate surface area is 187 Å². The van der Waals surface area contributed by atoms with Gasteiger partial charge in [0.15, 0.2) is 0 Å². The van der Waals surface area contributed by atoms with E-state index in [2.05, 4.69) is 15.3 Å². The highest BCUT2D eigenvalue weighted by Gasteiger charge is 2.42. The second kappa shape index (κ2) is 11.7. The first-order chi connectivity index (χ1) is 15.1. The minimum Gasteiger partial charge on any atom is -0.372 e. The Kier molecular flexibility index (Phi) is 9.90. The van der Waals surface area contributed by atoms with Gasteiger partial charge in [-0.2, -0.15) is 18.3 Å². The number of hydrogen-bond donors (Lipinski definition) is 1. The zero-order chi connectivity index (χ0) is 23.9. The third-order valence-electron chi connectivity index (χ3n) is 6.02. The number of nitrogens with zero attached hydrogens (tertiary/aromatic N) is 3. The average Bonchev–Trinajstić information content (AvgIpc) is 3.18. The van der Waals surface area contributed by atoms with Gasteiger partial charge >= 0.3 is 6.18 Å². The number of likely N-dealkylation sites (N-methyl/N-ethyl adjacent to an activating group) is 2. The molecule has 1 saturated carbocycles. The number of nitrogens with one attached hydrogen (secondary N) is 1. The predicted octanol–water partition coefficient (Wildman–Crippen LogP) is 4.60. The molecule has 0 aromatic carbocycles. The van der Waals surface area contributed by atoms with Gasteiger partial charge in [0.05, 0.1) is 12.1 Å². The Morgan fingerprint density at radius 2 is 1.84 bits per heavy atom. The summed E-state index contributed by atoms with van der Waals surface area (Å²) in [5, 5.41) is 7.62. The van der Waals surface area contributed by atoms with E-state index in [1.807, 2.05) is 27.9 Å². The zero-order valence-electron chi connectivity index (χ0n) is 19.6. The Morgan fingerprint density at radius 3 is 2.44 bits per heavy atom. The van der Waals surface area contributed by atoms with Crippen LogP contribution in [0.1, 0.15) is 62.4 Å². The van der Waals surface area contributed by atoms with Gasteiger partial charge in [0.25, 0.3) is 5.92 Å². The van der Waals surface area contributed by atoms with Crippen LogP contribution < -0.4 is 5.32 Å². The molecule has 10 heteroatoms. The van der Waals surface area contributed by atoms with E-state index in [4.69, 9.17) is 4.74 Å². The Hall–Kier alpha value is -1.26. The fourth-order valence-corrected chi connectivity index (χ4v) is 4.59. The SMILES string of the molecule is CC.CNCCN(C)Cc1nn2c(c1C1CCC(COCC(F)(F)F)CC1)CC(F)(F)C2. The monoisotopic (exact) mass is 468 g/mol. The maximum Gasteiger partial charge on any atom is 0.411 e. The van der Waals surface area contributed by atoms with Crippen LogP contribution in [0.3, 0.4) is 0 Å². The lowest BCUT2D eigenvalue weighted by Crippen LogP contribution is -2.28. The lowest BCUT2D eigenvalue weighted by Gasteiger charge is -2.29. The molecule has 3 rings (SSSR count). The van der Waals surface area contributed by atoms with E-state index >= 15 is 0 Å². The Bertz CT molecular complexity index is 699. The van der Waals surface area contributed by atoms with Crippen molar-refractivity contribution < 1.29 is 26.7 Å². The van der Waals surface area contributed by atoms with Crippen molar-refractivity contribution in [1.29, 1.82) is 0 Å². The standard InChI is InChI=1S/C20H31F5N4O.C2H6/c1-26-7-8-28(2)10-16-18(17-9-19(21,22)12-29(17)27-16)15-5-3-14(4-6-15)11-30-13-20(23,24)25;1-2/h14-15,26H,3-13H2,1-2H3;1-2H3. The van der Waals surface area contributed by atoms with Crippen molar-refractivity contribution in [1.82, 2.24) is 20.0 Å². The van der Waals surface area contributed by atoms with Crippen LogP contribution >= 0.6 is 0 Å². The molecule has 32 heavy (non-hydrogen) atoms. The molecule has 2 aliphatic rings. The summed E-state index contributed by atoms with van der Waals surface area (Å²) in [5.41, 5.74) is 2.43. The third-order valence-corrected chi connectivity index (χ3v) is 6.02. The molecular weight excluding hydrogens is 431 g/mol. The van der Waals surface area contributed by atoms with E-state index < -0.39 is 18.7 Å². The number of rotatable bonds is 9. The van der Waals surface area contributed by atoms with E-state index in [0.29, 0.717) is 12.2 Å². The van der Waals surface area contributed by atoms with Gasteiger partial charge in [-0.3, -0.25) is 9.58 Å². The predicted molar refractivity (Wildman–Crippen MR) is 114 cm³/mol. The average molecular weight is 469 g/mol. The minimum atomic E-state index is -4.31. The quantitative estimate of drug-likeness (QED) is 0.538. The van der Waals surface area contributed by atoms with Crippen molar-refractivity contribution >= 4 is 0 Å². The molecule has 1 fully saturated rings. The maximum absolute atomic E-state index is 14.0. The highest BCUT2D eigenvalue weighted by Crippen LogP contribution is 2.42. The first kappa shape index (κ1) is 27.0. The largest absolute Gasteiger partial charge is 0.411 e. The van der Waals surface area contributed by atoms with Gasteiger partial charge in [-0.25, -0.2) is 8.78 Å². The normalized spacial score (nSPS) is 22.6. The molecule has 0 radical (unpaired) electrons. The number of fused-ring (bicyclic) bond motifs is 1. The summed E-state index contributed by atoms with van der Waals surface area (Å²) >= 11 is 0. The maximum atomic E-state index is 14.0. The van der Waals surface area contributed by atoms with Crippen molar-refractivity contribution in [2.24, 2.45) is 5.92 Å². The van der Waals surface area contributed by atoms with E-state index in [-0.39, 0.29) is 31.4 Å². The van der Waals surface area contributed by atoms with Crippen LogP contribution in [-0.4, -0.2) is 67.2 Å².